The fraction of sp³-hybridized carbons (Fsp3) is 0.500. The normalized spacial score (nSPS) is 20.9. The Bertz CT molecular complexity index is 503. The minimum absolute atomic E-state index is 0.0891. The average Bonchev–Trinajstić information content (AvgIpc) is 2.29. The predicted octanol–water partition coefficient (Wildman–Crippen LogP) is 1.88. The minimum atomic E-state index is -3.88. The van der Waals surface area contributed by atoms with Crippen LogP contribution in [-0.2, 0) is 19.0 Å². The highest BCUT2D eigenvalue weighted by atomic mass is 32.2. The van der Waals surface area contributed by atoms with Crippen LogP contribution < -0.4 is 0 Å². The Morgan fingerprint density at radius 1 is 1.29 bits per heavy atom. The van der Waals surface area contributed by atoms with Gasteiger partial charge in [-0.15, -0.1) is 0 Å². The highest BCUT2D eigenvalue weighted by Crippen LogP contribution is 2.19. The monoisotopic (exact) mass is 257 g/mol. The van der Waals surface area contributed by atoms with Crippen molar-refractivity contribution in [2.45, 2.75) is 30.7 Å². The third-order valence-electron chi connectivity index (χ3n) is 2.59. The van der Waals surface area contributed by atoms with Crippen LogP contribution in [0, 0.1) is 6.92 Å². The zero-order valence-electron chi connectivity index (χ0n) is 10.7. The lowest BCUT2D eigenvalue weighted by molar-refractivity contribution is 0.0284. The van der Waals surface area contributed by atoms with Crippen LogP contribution in [0.1, 0.15) is 19.8 Å². The van der Waals surface area contributed by atoms with Crippen molar-refractivity contribution < 1.29 is 18.7 Å². The smallest absolute Gasteiger partial charge is 0.297 e. The molecular formula is C12H16O4S. The summed E-state index contributed by atoms with van der Waals surface area (Å²) < 4.78 is 42.2. The zero-order chi connectivity index (χ0) is 13.2. The first-order valence-corrected chi connectivity index (χ1v) is 6.92. The molecule has 0 N–H and O–H groups in total. The van der Waals surface area contributed by atoms with Crippen molar-refractivity contribution in [3.8, 4) is 0 Å². The van der Waals surface area contributed by atoms with Gasteiger partial charge >= 0.3 is 0 Å². The fourth-order valence-corrected chi connectivity index (χ4v) is 2.63. The summed E-state index contributed by atoms with van der Waals surface area (Å²) >= 11 is 0. The Hall–Kier alpha value is -0.910. The van der Waals surface area contributed by atoms with Gasteiger partial charge in [0.25, 0.3) is 10.1 Å². The molecule has 5 heteroatoms. The lowest BCUT2D eigenvalue weighted by Gasteiger charge is -2.21. The van der Waals surface area contributed by atoms with E-state index in [1.165, 1.54) is 12.1 Å². The van der Waals surface area contributed by atoms with Gasteiger partial charge in [-0.05, 0) is 31.9 Å². The van der Waals surface area contributed by atoms with Gasteiger partial charge in [0.15, 0.2) is 0 Å². The summed E-state index contributed by atoms with van der Waals surface area (Å²) in [6.45, 7) is 2.58. The van der Waals surface area contributed by atoms with E-state index in [0.29, 0.717) is 13.2 Å². The molecule has 0 spiro atoms. The maximum absolute atomic E-state index is 12.0. The summed E-state index contributed by atoms with van der Waals surface area (Å²) in [6, 6.07) is 6.40. The SMILES string of the molecule is [2H]C1(OS(=O)(=O)c2ccc(C)cc2)CCOCC1. The van der Waals surface area contributed by atoms with Crippen LogP contribution in [0.2, 0.25) is 0 Å². The molecule has 0 aromatic heterocycles. The molecule has 4 nitrogen and oxygen atoms in total. The third kappa shape index (κ3) is 3.28. The highest BCUT2D eigenvalue weighted by Gasteiger charge is 2.23. The van der Waals surface area contributed by atoms with Crippen LogP contribution in [0.25, 0.3) is 0 Å². The Morgan fingerprint density at radius 2 is 1.88 bits per heavy atom. The van der Waals surface area contributed by atoms with Crippen molar-refractivity contribution in [1.82, 2.24) is 0 Å². The van der Waals surface area contributed by atoms with Crippen molar-refractivity contribution in [3.05, 3.63) is 29.8 Å². The summed E-state index contributed by atoms with van der Waals surface area (Å²) in [6.07, 6.45) is -0.877. The van der Waals surface area contributed by atoms with Gasteiger partial charge < -0.3 is 4.74 Å². The van der Waals surface area contributed by atoms with E-state index in [1.807, 2.05) is 6.92 Å². The van der Waals surface area contributed by atoms with E-state index in [2.05, 4.69) is 0 Å². The molecule has 17 heavy (non-hydrogen) atoms. The van der Waals surface area contributed by atoms with Crippen LogP contribution in [0.3, 0.4) is 0 Å². The Balaban J connectivity index is 2.18. The lowest BCUT2D eigenvalue weighted by Crippen LogP contribution is -2.26. The highest BCUT2D eigenvalue weighted by molar-refractivity contribution is 7.86. The number of hydrogen-bond acceptors (Lipinski definition) is 4. The molecule has 1 aliphatic heterocycles. The molecule has 0 saturated carbocycles. The molecule has 1 aliphatic rings. The zero-order valence-corrected chi connectivity index (χ0v) is 10.5. The Labute approximate surface area is 103 Å². The van der Waals surface area contributed by atoms with E-state index in [0.717, 1.165) is 5.56 Å². The van der Waals surface area contributed by atoms with Crippen molar-refractivity contribution >= 4 is 10.1 Å². The average molecular weight is 257 g/mol. The first-order chi connectivity index (χ1) is 8.41. The maximum Gasteiger partial charge on any atom is 0.297 e. The molecule has 2 rings (SSSR count). The van der Waals surface area contributed by atoms with E-state index in [9.17, 15) is 8.42 Å². The standard InChI is InChI=1S/C12H16O4S/c1-10-2-4-12(5-3-10)17(13,14)16-11-6-8-15-9-7-11/h2-5,11H,6-9H2,1H3/i11D. The molecule has 0 radical (unpaired) electrons. The van der Waals surface area contributed by atoms with Gasteiger partial charge in [0.1, 0.15) is 0 Å². The second-order valence-electron chi connectivity index (χ2n) is 4.00. The molecule has 1 aromatic carbocycles. The van der Waals surface area contributed by atoms with Gasteiger partial charge in [0.05, 0.1) is 12.3 Å². The molecule has 1 aromatic rings. The first kappa shape index (κ1) is 11.2. The Morgan fingerprint density at radius 3 is 2.47 bits per heavy atom. The second kappa shape index (κ2) is 5.16. The molecule has 0 aliphatic carbocycles. The first-order valence-electron chi connectivity index (χ1n) is 6.01. The predicted molar refractivity (Wildman–Crippen MR) is 63.3 cm³/mol. The largest absolute Gasteiger partial charge is 0.381 e. The minimum Gasteiger partial charge on any atom is -0.381 e. The van der Waals surface area contributed by atoms with Gasteiger partial charge in [-0.1, -0.05) is 17.7 Å². The van der Waals surface area contributed by atoms with E-state index < -0.39 is 16.2 Å². The van der Waals surface area contributed by atoms with E-state index >= 15 is 0 Å². The Kier molecular flexibility index (Phi) is 3.40. The van der Waals surface area contributed by atoms with E-state index in [1.54, 1.807) is 12.1 Å². The second-order valence-corrected chi connectivity index (χ2v) is 5.55. The number of aryl methyl sites for hydroxylation is 1. The molecule has 0 unspecified atom stereocenters. The van der Waals surface area contributed by atoms with Crippen LogP contribution in [0.15, 0.2) is 29.2 Å². The number of rotatable bonds is 3. The summed E-state index contributed by atoms with van der Waals surface area (Å²) in [7, 11) is -3.88. The van der Waals surface area contributed by atoms with Gasteiger partial charge in [-0.25, -0.2) is 0 Å². The molecule has 0 atom stereocenters. The number of benzene rings is 1. The molecular weight excluding hydrogens is 240 g/mol. The number of hydrogen-bond donors (Lipinski definition) is 0. The van der Waals surface area contributed by atoms with Crippen molar-refractivity contribution in [1.29, 1.82) is 0 Å². The summed E-state index contributed by atoms with van der Waals surface area (Å²) in [5, 5.41) is 0. The van der Waals surface area contributed by atoms with Crippen LogP contribution >= 0.6 is 0 Å². The summed E-state index contributed by atoms with van der Waals surface area (Å²) in [5.41, 5.74) is 0.973. The van der Waals surface area contributed by atoms with Gasteiger partial charge in [0, 0.05) is 13.2 Å². The van der Waals surface area contributed by atoms with Gasteiger partial charge in [-0.3, -0.25) is 4.18 Å². The molecule has 94 valence electrons. The van der Waals surface area contributed by atoms with Gasteiger partial charge in [-0.2, -0.15) is 8.42 Å². The molecule has 1 heterocycles. The molecule has 0 bridgehead atoms. The molecule has 1 fully saturated rings. The van der Waals surface area contributed by atoms with Crippen molar-refractivity contribution in [2.24, 2.45) is 0 Å². The van der Waals surface area contributed by atoms with Crippen LogP contribution in [0.5, 0.6) is 0 Å². The third-order valence-corrected chi connectivity index (χ3v) is 3.89. The van der Waals surface area contributed by atoms with Crippen molar-refractivity contribution in [3.63, 3.8) is 0 Å². The van der Waals surface area contributed by atoms with Crippen molar-refractivity contribution in [2.75, 3.05) is 13.2 Å². The van der Waals surface area contributed by atoms with Crippen LogP contribution in [0.4, 0.5) is 0 Å². The number of ether oxygens (including phenoxy) is 1. The lowest BCUT2D eigenvalue weighted by atomic mass is 10.2. The summed E-state index contributed by atoms with van der Waals surface area (Å²) in [5.74, 6) is 0. The summed E-state index contributed by atoms with van der Waals surface area (Å²) in [4.78, 5) is 0.0891. The van der Waals surface area contributed by atoms with Crippen LogP contribution in [-0.4, -0.2) is 27.7 Å². The quantitative estimate of drug-likeness (QED) is 0.776. The fourth-order valence-electron chi connectivity index (χ4n) is 1.59. The van der Waals surface area contributed by atoms with E-state index in [4.69, 9.17) is 10.3 Å². The van der Waals surface area contributed by atoms with E-state index in [-0.39, 0.29) is 17.7 Å². The topological polar surface area (TPSA) is 52.6 Å². The molecule has 0 amide bonds. The molecule has 1 saturated heterocycles. The maximum atomic E-state index is 12.0. The van der Waals surface area contributed by atoms with Gasteiger partial charge in [0.2, 0.25) is 0 Å².